The van der Waals surface area contributed by atoms with Crippen molar-refractivity contribution in [2.45, 2.75) is 51.3 Å². The molecule has 0 radical (unpaired) electrons. The fourth-order valence-corrected chi connectivity index (χ4v) is 5.30. The number of likely N-dealkylation sites (tertiary alicyclic amines) is 1. The molecular formula is C27H35N3O5. The predicted molar refractivity (Wildman–Crippen MR) is 132 cm³/mol. The van der Waals surface area contributed by atoms with Crippen LogP contribution in [-0.2, 0) is 9.53 Å². The van der Waals surface area contributed by atoms with Gasteiger partial charge < -0.3 is 24.6 Å². The lowest BCUT2D eigenvalue weighted by atomic mass is 9.75. The lowest BCUT2D eigenvalue weighted by Crippen LogP contribution is -2.66. The molecule has 3 unspecified atom stereocenters. The maximum Gasteiger partial charge on any atom is 0.410 e. The van der Waals surface area contributed by atoms with Gasteiger partial charge in [-0.3, -0.25) is 9.59 Å². The van der Waals surface area contributed by atoms with Gasteiger partial charge >= 0.3 is 6.09 Å². The van der Waals surface area contributed by atoms with Gasteiger partial charge in [0.1, 0.15) is 18.0 Å². The fourth-order valence-electron chi connectivity index (χ4n) is 5.30. The van der Waals surface area contributed by atoms with Crippen LogP contribution in [0.15, 0.2) is 49.6 Å². The van der Waals surface area contributed by atoms with Gasteiger partial charge in [0.05, 0.1) is 23.1 Å². The van der Waals surface area contributed by atoms with E-state index in [1.165, 1.54) is 0 Å². The van der Waals surface area contributed by atoms with E-state index in [9.17, 15) is 14.4 Å². The van der Waals surface area contributed by atoms with Gasteiger partial charge in [0.2, 0.25) is 5.91 Å². The number of hydrogen-bond acceptors (Lipinski definition) is 5. The Hall–Kier alpha value is -3.29. The van der Waals surface area contributed by atoms with Gasteiger partial charge in [0.25, 0.3) is 5.91 Å². The monoisotopic (exact) mass is 481 g/mol. The first-order valence-electron chi connectivity index (χ1n) is 12.1. The number of carbonyl (C=O) groups excluding carboxylic acids is 3. The third kappa shape index (κ3) is 4.79. The zero-order valence-electron chi connectivity index (χ0n) is 20.8. The summed E-state index contributed by atoms with van der Waals surface area (Å²) in [7, 11) is 0. The van der Waals surface area contributed by atoms with Gasteiger partial charge in [-0.25, -0.2) is 4.79 Å². The molecule has 1 aromatic carbocycles. The maximum absolute atomic E-state index is 13.7. The minimum Gasteiger partial charge on any atom is -0.489 e. The summed E-state index contributed by atoms with van der Waals surface area (Å²) in [6.07, 6.45) is 4.33. The highest BCUT2D eigenvalue weighted by Crippen LogP contribution is 2.46. The summed E-state index contributed by atoms with van der Waals surface area (Å²) in [6.45, 7) is 14.5. The van der Waals surface area contributed by atoms with E-state index >= 15 is 0 Å². The highest BCUT2D eigenvalue weighted by molar-refractivity contribution is 5.97. The number of nitrogens with one attached hydrogen (secondary N) is 1. The molecule has 0 spiro atoms. The SMILES string of the molecule is C=CCOc1ccccc1C(=O)NC1C2CC1N(C(=O)C1(CC=C)CN(C(=O)OC(C)(C)C)C1)C2. The van der Waals surface area contributed by atoms with E-state index in [4.69, 9.17) is 9.47 Å². The van der Waals surface area contributed by atoms with Crippen LogP contribution in [-0.4, -0.2) is 71.6 Å². The predicted octanol–water partition coefficient (Wildman–Crippen LogP) is 3.39. The number of amides is 3. The van der Waals surface area contributed by atoms with Crippen molar-refractivity contribution in [1.29, 1.82) is 0 Å². The number of fused-ring (bicyclic) bond motifs is 1. The molecule has 2 bridgehead atoms. The molecule has 4 fully saturated rings. The maximum atomic E-state index is 13.7. The minimum atomic E-state index is -0.685. The highest BCUT2D eigenvalue weighted by Gasteiger charge is 2.60. The summed E-state index contributed by atoms with van der Waals surface area (Å²) in [5.74, 6) is 0.540. The number of para-hydroxylation sites is 1. The zero-order valence-corrected chi connectivity index (χ0v) is 20.8. The molecule has 8 heteroatoms. The summed E-state index contributed by atoms with van der Waals surface area (Å²) in [5.41, 5.74) is -0.807. The quantitative estimate of drug-likeness (QED) is 0.575. The third-order valence-electron chi connectivity index (χ3n) is 6.97. The Morgan fingerprint density at radius 3 is 2.54 bits per heavy atom. The Morgan fingerprint density at radius 2 is 1.89 bits per heavy atom. The second-order valence-electron chi connectivity index (χ2n) is 10.7. The van der Waals surface area contributed by atoms with Crippen LogP contribution in [0.3, 0.4) is 0 Å². The molecule has 3 amide bonds. The van der Waals surface area contributed by atoms with Crippen molar-refractivity contribution in [3.63, 3.8) is 0 Å². The Morgan fingerprint density at radius 1 is 1.17 bits per heavy atom. The molecule has 188 valence electrons. The van der Waals surface area contributed by atoms with E-state index in [0.717, 1.165) is 6.42 Å². The minimum absolute atomic E-state index is 0.0242. The van der Waals surface area contributed by atoms with Crippen molar-refractivity contribution in [2.75, 3.05) is 26.2 Å². The number of hydrogen-bond donors (Lipinski definition) is 1. The summed E-state index contributed by atoms with van der Waals surface area (Å²) in [6, 6.07) is 6.97. The molecule has 4 aliphatic rings. The highest BCUT2D eigenvalue weighted by atomic mass is 16.6. The molecule has 1 N–H and O–H groups in total. The van der Waals surface area contributed by atoms with E-state index in [1.807, 2.05) is 31.7 Å². The van der Waals surface area contributed by atoms with Crippen LogP contribution in [0.2, 0.25) is 0 Å². The lowest BCUT2D eigenvalue weighted by Gasteiger charge is -2.50. The molecule has 5 rings (SSSR count). The van der Waals surface area contributed by atoms with Crippen LogP contribution in [0.25, 0.3) is 0 Å². The van der Waals surface area contributed by atoms with Crippen LogP contribution < -0.4 is 10.1 Å². The average Bonchev–Trinajstić information content (AvgIpc) is 3.36. The molecule has 8 nitrogen and oxygen atoms in total. The number of rotatable bonds is 8. The molecular weight excluding hydrogens is 446 g/mol. The second-order valence-corrected chi connectivity index (χ2v) is 10.7. The molecule has 3 heterocycles. The van der Waals surface area contributed by atoms with Crippen molar-refractivity contribution < 1.29 is 23.9 Å². The Kier molecular flexibility index (Phi) is 6.66. The Bertz CT molecular complexity index is 1020. The first kappa shape index (κ1) is 24.8. The van der Waals surface area contributed by atoms with E-state index in [-0.39, 0.29) is 29.8 Å². The van der Waals surface area contributed by atoms with Crippen molar-refractivity contribution in [2.24, 2.45) is 11.3 Å². The lowest BCUT2D eigenvalue weighted by molar-refractivity contribution is -0.152. The number of allylic oxidation sites excluding steroid dienone is 1. The molecule has 0 aromatic heterocycles. The number of ether oxygens (including phenoxy) is 2. The third-order valence-corrected chi connectivity index (χ3v) is 6.97. The molecule has 1 aliphatic carbocycles. The average molecular weight is 482 g/mol. The van der Waals surface area contributed by atoms with Gasteiger partial charge in [0, 0.05) is 25.6 Å². The van der Waals surface area contributed by atoms with Gasteiger partial charge in [-0.2, -0.15) is 0 Å². The largest absolute Gasteiger partial charge is 0.489 e. The van der Waals surface area contributed by atoms with Crippen LogP contribution >= 0.6 is 0 Å². The second kappa shape index (κ2) is 9.40. The topological polar surface area (TPSA) is 88.2 Å². The Balaban J connectivity index is 1.40. The molecule has 3 aliphatic heterocycles. The summed E-state index contributed by atoms with van der Waals surface area (Å²) < 4.78 is 11.1. The van der Waals surface area contributed by atoms with Gasteiger partial charge in [0.15, 0.2) is 0 Å². The van der Waals surface area contributed by atoms with Crippen LogP contribution in [0.5, 0.6) is 5.75 Å². The summed E-state index contributed by atoms with van der Waals surface area (Å²) in [5, 5.41) is 3.13. The van der Waals surface area contributed by atoms with Gasteiger partial charge in [-0.05, 0) is 45.7 Å². The van der Waals surface area contributed by atoms with E-state index in [2.05, 4.69) is 18.5 Å². The van der Waals surface area contributed by atoms with Crippen LogP contribution in [0.1, 0.15) is 44.0 Å². The van der Waals surface area contributed by atoms with Crippen molar-refractivity contribution in [1.82, 2.24) is 15.1 Å². The van der Waals surface area contributed by atoms with Crippen molar-refractivity contribution >= 4 is 17.9 Å². The Labute approximate surface area is 206 Å². The molecule has 1 saturated carbocycles. The molecule has 3 atom stereocenters. The van der Waals surface area contributed by atoms with Gasteiger partial charge in [-0.1, -0.05) is 30.9 Å². The van der Waals surface area contributed by atoms with E-state index in [1.54, 1.807) is 35.3 Å². The fraction of sp³-hybridized carbons (Fsp3) is 0.519. The number of benzene rings is 1. The summed E-state index contributed by atoms with van der Waals surface area (Å²) >= 11 is 0. The van der Waals surface area contributed by atoms with E-state index in [0.29, 0.717) is 44.0 Å². The first-order valence-corrected chi connectivity index (χ1v) is 12.1. The number of nitrogens with zero attached hydrogens (tertiary/aromatic N) is 2. The van der Waals surface area contributed by atoms with Crippen molar-refractivity contribution in [3.8, 4) is 5.75 Å². The number of carbonyl (C=O) groups is 3. The molecule has 35 heavy (non-hydrogen) atoms. The molecule has 3 saturated heterocycles. The zero-order chi connectivity index (χ0) is 25.4. The van der Waals surface area contributed by atoms with Crippen LogP contribution in [0, 0.1) is 11.3 Å². The van der Waals surface area contributed by atoms with Gasteiger partial charge in [-0.15, -0.1) is 6.58 Å². The standard InChI is InChI=1S/C27H35N3O5/c1-6-12-27(16-29(17-27)25(33)35-26(3,4)5)24(32)30-15-18-14-20(30)22(18)28-23(31)19-10-8-9-11-21(19)34-13-7-2/h6-11,18,20,22H,1-2,12-17H2,3-5H3,(H,28,31). The normalized spacial score (nSPS) is 24.0. The van der Waals surface area contributed by atoms with Crippen LogP contribution in [0.4, 0.5) is 4.79 Å². The summed E-state index contributed by atoms with van der Waals surface area (Å²) in [4.78, 5) is 42.6. The first-order chi connectivity index (χ1) is 16.6. The van der Waals surface area contributed by atoms with Crippen molar-refractivity contribution in [3.05, 3.63) is 55.1 Å². The molecule has 1 aromatic rings. The van der Waals surface area contributed by atoms with E-state index < -0.39 is 17.1 Å². The smallest absolute Gasteiger partial charge is 0.410 e.